The first kappa shape index (κ1) is 14.6. The fraction of sp³-hybridized carbons (Fsp3) is 0.417. The first-order chi connectivity index (χ1) is 8.15. The molecule has 0 bridgehead atoms. The second kappa shape index (κ2) is 6.47. The van der Waals surface area contributed by atoms with Gasteiger partial charge in [-0.2, -0.15) is 0 Å². The molecule has 0 aromatic heterocycles. The molecule has 1 atom stereocenters. The highest BCUT2D eigenvalue weighted by Gasteiger charge is 2.14. The molecule has 1 unspecified atom stereocenters. The van der Waals surface area contributed by atoms with E-state index in [0.717, 1.165) is 0 Å². The minimum Gasteiger partial charge on any atom is -0.454 e. The summed E-state index contributed by atoms with van der Waals surface area (Å²) in [6, 6.07) is 5.37. The van der Waals surface area contributed by atoms with Gasteiger partial charge in [0.25, 0.3) is 0 Å². The summed E-state index contributed by atoms with van der Waals surface area (Å²) in [6.07, 6.45) is 1.10. The second-order valence-corrected chi connectivity index (χ2v) is 4.13. The minimum atomic E-state index is -0.0406. The van der Waals surface area contributed by atoms with Gasteiger partial charge in [0.15, 0.2) is 11.5 Å². The van der Waals surface area contributed by atoms with E-state index in [1.807, 2.05) is 6.92 Å². The molecule has 0 aliphatic carbocycles. The van der Waals surface area contributed by atoms with Crippen LogP contribution in [0.15, 0.2) is 18.2 Å². The van der Waals surface area contributed by atoms with Crippen molar-refractivity contribution < 1.29 is 14.3 Å². The summed E-state index contributed by atoms with van der Waals surface area (Å²) < 4.78 is 10.4. The molecular weight excluding hydrogens is 256 g/mol. The van der Waals surface area contributed by atoms with Gasteiger partial charge in [0, 0.05) is 24.2 Å². The molecule has 1 heterocycles. The van der Waals surface area contributed by atoms with E-state index >= 15 is 0 Å². The molecule has 3 N–H and O–H groups in total. The summed E-state index contributed by atoms with van der Waals surface area (Å²) in [5.74, 6) is 1.33. The van der Waals surface area contributed by atoms with E-state index in [2.05, 4.69) is 5.32 Å². The fourth-order valence-corrected chi connectivity index (χ4v) is 1.56. The van der Waals surface area contributed by atoms with Gasteiger partial charge >= 0.3 is 0 Å². The first-order valence-electron chi connectivity index (χ1n) is 5.60. The van der Waals surface area contributed by atoms with Crippen LogP contribution in [-0.2, 0) is 4.79 Å². The average Bonchev–Trinajstić information content (AvgIpc) is 2.73. The van der Waals surface area contributed by atoms with Crippen LogP contribution < -0.4 is 20.5 Å². The smallest absolute Gasteiger partial charge is 0.231 e. The van der Waals surface area contributed by atoms with Crippen LogP contribution in [-0.4, -0.2) is 18.7 Å². The Morgan fingerprint density at radius 1 is 1.44 bits per heavy atom. The van der Waals surface area contributed by atoms with Crippen molar-refractivity contribution in [3.8, 4) is 11.5 Å². The van der Waals surface area contributed by atoms with Crippen molar-refractivity contribution >= 4 is 24.0 Å². The SMILES string of the molecule is CC(N)CCC(=O)Nc1ccc2c(c1)OCO2.Cl. The van der Waals surface area contributed by atoms with Gasteiger partial charge in [-0.25, -0.2) is 0 Å². The number of nitrogens with one attached hydrogen (secondary N) is 1. The number of nitrogens with two attached hydrogens (primary N) is 1. The molecule has 1 aliphatic rings. The third-order valence-corrected chi connectivity index (χ3v) is 2.48. The predicted molar refractivity (Wildman–Crippen MR) is 71.3 cm³/mol. The number of carbonyl (C=O) groups excluding carboxylic acids is 1. The fourth-order valence-electron chi connectivity index (χ4n) is 1.56. The highest BCUT2D eigenvalue weighted by Crippen LogP contribution is 2.34. The Kier molecular flexibility index (Phi) is 5.25. The lowest BCUT2D eigenvalue weighted by atomic mass is 10.2. The van der Waals surface area contributed by atoms with Crippen molar-refractivity contribution in [1.29, 1.82) is 0 Å². The van der Waals surface area contributed by atoms with Crippen LogP contribution >= 0.6 is 12.4 Å². The molecule has 100 valence electrons. The van der Waals surface area contributed by atoms with Gasteiger partial charge in [0.2, 0.25) is 12.7 Å². The summed E-state index contributed by atoms with van der Waals surface area (Å²) in [4.78, 5) is 11.6. The Morgan fingerprint density at radius 2 is 2.17 bits per heavy atom. The van der Waals surface area contributed by atoms with E-state index in [9.17, 15) is 4.79 Å². The number of benzene rings is 1. The van der Waals surface area contributed by atoms with Crippen molar-refractivity contribution in [2.75, 3.05) is 12.1 Å². The summed E-state index contributed by atoms with van der Waals surface area (Å²) in [6.45, 7) is 2.12. The Hall–Kier alpha value is -1.46. The molecule has 5 nitrogen and oxygen atoms in total. The monoisotopic (exact) mass is 272 g/mol. The topological polar surface area (TPSA) is 73.6 Å². The van der Waals surface area contributed by atoms with Crippen LogP contribution in [0.5, 0.6) is 11.5 Å². The van der Waals surface area contributed by atoms with E-state index in [0.29, 0.717) is 30.0 Å². The zero-order valence-electron chi connectivity index (χ0n) is 10.1. The van der Waals surface area contributed by atoms with Gasteiger partial charge in [0.05, 0.1) is 0 Å². The zero-order valence-corrected chi connectivity index (χ0v) is 11.0. The molecule has 1 aliphatic heterocycles. The lowest BCUT2D eigenvalue weighted by molar-refractivity contribution is -0.116. The summed E-state index contributed by atoms with van der Waals surface area (Å²) in [5.41, 5.74) is 6.30. The molecule has 18 heavy (non-hydrogen) atoms. The van der Waals surface area contributed by atoms with Crippen molar-refractivity contribution in [3.05, 3.63) is 18.2 Å². The van der Waals surface area contributed by atoms with Gasteiger partial charge in [-0.05, 0) is 25.5 Å². The largest absolute Gasteiger partial charge is 0.454 e. The molecule has 0 saturated heterocycles. The molecular formula is C12H17ClN2O3. The van der Waals surface area contributed by atoms with Crippen LogP contribution in [0.4, 0.5) is 5.69 Å². The lowest BCUT2D eigenvalue weighted by Crippen LogP contribution is -2.19. The van der Waals surface area contributed by atoms with E-state index in [1.165, 1.54) is 0 Å². The Balaban J connectivity index is 0.00000162. The molecule has 0 spiro atoms. The van der Waals surface area contributed by atoms with E-state index < -0.39 is 0 Å². The third kappa shape index (κ3) is 3.78. The Morgan fingerprint density at radius 3 is 2.89 bits per heavy atom. The summed E-state index contributed by atoms with van der Waals surface area (Å²) >= 11 is 0. The molecule has 1 aromatic rings. The number of carbonyl (C=O) groups is 1. The second-order valence-electron chi connectivity index (χ2n) is 4.13. The standard InChI is InChI=1S/C12H16N2O3.ClH/c1-8(13)2-5-12(15)14-9-3-4-10-11(6-9)17-7-16-10;/h3-4,6,8H,2,5,7,13H2,1H3,(H,14,15);1H. The highest BCUT2D eigenvalue weighted by atomic mass is 35.5. The minimum absolute atomic E-state index is 0. The van der Waals surface area contributed by atoms with Gasteiger partial charge in [-0.15, -0.1) is 12.4 Å². The van der Waals surface area contributed by atoms with Gasteiger partial charge in [-0.3, -0.25) is 4.79 Å². The number of hydrogen-bond acceptors (Lipinski definition) is 4. The Labute approximate surface area is 112 Å². The first-order valence-corrected chi connectivity index (χ1v) is 5.60. The maximum atomic E-state index is 11.6. The molecule has 0 radical (unpaired) electrons. The average molecular weight is 273 g/mol. The predicted octanol–water partition coefficient (Wildman–Crippen LogP) is 1.90. The lowest BCUT2D eigenvalue weighted by Gasteiger charge is -2.07. The molecule has 0 saturated carbocycles. The number of hydrogen-bond donors (Lipinski definition) is 2. The number of halogens is 1. The van der Waals surface area contributed by atoms with Gasteiger partial charge in [-0.1, -0.05) is 0 Å². The number of fused-ring (bicyclic) bond motifs is 1. The van der Waals surface area contributed by atoms with E-state index in [-0.39, 0.29) is 31.1 Å². The van der Waals surface area contributed by atoms with Crippen molar-refractivity contribution in [2.24, 2.45) is 5.73 Å². The zero-order chi connectivity index (χ0) is 12.3. The van der Waals surface area contributed by atoms with Crippen molar-refractivity contribution in [3.63, 3.8) is 0 Å². The Bertz CT molecular complexity index is 424. The maximum absolute atomic E-state index is 11.6. The molecule has 1 amide bonds. The van der Waals surface area contributed by atoms with Crippen molar-refractivity contribution in [1.82, 2.24) is 0 Å². The van der Waals surface area contributed by atoms with Gasteiger partial charge in [0.1, 0.15) is 0 Å². The quantitative estimate of drug-likeness (QED) is 0.878. The number of rotatable bonds is 4. The van der Waals surface area contributed by atoms with Crippen LogP contribution in [0.1, 0.15) is 19.8 Å². The van der Waals surface area contributed by atoms with Crippen molar-refractivity contribution in [2.45, 2.75) is 25.8 Å². The van der Waals surface area contributed by atoms with E-state index in [4.69, 9.17) is 15.2 Å². The molecule has 0 fully saturated rings. The summed E-state index contributed by atoms with van der Waals surface area (Å²) in [5, 5.41) is 2.80. The van der Waals surface area contributed by atoms with Crippen LogP contribution in [0.25, 0.3) is 0 Å². The number of ether oxygens (including phenoxy) is 2. The molecule has 1 aromatic carbocycles. The normalized spacial score (nSPS) is 13.7. The summed E-state index contributed by atoms with van der Waals surface area (Å²) in [7, 11) is 0. The maximum Gasteiger partial charge on any atom is 0.231 e. The molecule has 6 heteroatoms. The third-order valence-electron chi connectivity index (χ3n) is 2.48. The highest BCUT2D eigenvalue weighted by molar-refractivity contribution is 5.91. The molecule has 2 rings (SSSR count). The van der Waals surface area contributed by atoms with E-state index in [1.54, 1.807) is 18.2 Å². The van der Waals surface area contributed by atoms with Crippen LogP contribution in [0, 0.1) is 0 Å². The number of anilines is 1. The number of amides is 1. The van der Waals surface area contributed by atoms with Crippen LogP contribution in [0.3, 0.4) is 0 Å². The van der Waals surface area contributed by atoms with Gasteiger partial charge < -0.3 is 20.5 Å². The van der Waals surface area contributed by atoms with Crippen LogP contribution in [0.2, 0.25) is 0 Å².